The molecule has 21 heavy (non-hydrogen) atoms. The minimum absolute atomic E-state index is 0.130. The van der Waals surface area contributed by atoms with Crippen LogP contribution in [0.15, 0.2) is 46.9 Å². The number of benzene rings is 2. The fourth-order valence-corrected chi connectivity index (χ4v) is 3.06. The largest absolute Gasteiger partial charge is 0.356 e. The van der Waals surface area contributed by atoms with Crippen LogP contribution in [0.2, 0.25) is 0 Å². The summed E-state index contributed by atoms with van der Waals surface area (Å²) >= 11 is 8.99. The minimum atomic E-state index is 0.130. The van der Waals surface area contributed by atoms with Gasteiger partial charge < -0.3 is 10.6 Å². The van der Waals surface area contributed by atoms with E-state index in [4.69, 9.17) is 12.2 Å². The zero-order chi connectivity index (χ0) is 15.4. The first kappa shape index (κ1) is 16.0. The van der Waals surface area contributed by atoms with Gasteiger partial charge in [0.2, 0.25) is 0 Å². The van der Waals surface area contributed by atoms with Gasteiger partial charge in [0.25, 0.3) is 0 Å². The Morgan fingerprint density at radius 1 is 1.10 bits per heavy atom. The van der Waals surface area contributed by atoms with Crippen LogP contribution in [0, 0.1) is 13.8 Å². The van der Waals surface area contributed by atoms with Gasteiger partial charge in [0.05, 0.1) is 6.04 Å². The second-order valence-corrected chi connectivity index (χ2v) is 6.35. The standard InChI is InChI=1S/C17H19BrN2S/c1-11-7-6-10-16(12(11)2)20-17(21)19-13(3)14-8-4-5-9-15(14)18/h4-10,13H,1-3H3,(H2,19,20,21)/t13-/m1/s1. The quantitative estimate of drug-likeness (QED) is 0.741. The van der Waals surface area contributed by atoms with E-state index in [0.29, 0.717) is 5.11 Å². The molecular formula is C17H19BrN2S. The second kappa shape index (κ2) is 7.05. The molecule has 0 aliphatic carbocycles. The van der Waals surface area contributed by atoms with Crippen molar-refractivity contribution in [3.63, 3.8) is 0 Å². The van der Waals surface area contributed by atoms with Gasteiger partial charge in [-0.25, -0.2) is 0 Å². The molecule has 0 aliphatic rings. The van der Waals surface area contributed by atoms with Crippen LogP contribution < -0.4 is 10.6 Å². The Labute approximate surface area is 140 Å². The van der Waals surface area contributed by atoms with Gasteiger partial charge in [-0.1, -0.05) is 46.3 Å². The third-order valence-corrected chi connectivity index (χ3v) is 4.51. The van der Waals surface area contributed by atoms with E-state index in [1.165, 1.54) is 16.7 Å². The van der Waals surface area contributed by atoms with Crippen molar-refractivity contribution in [2.75, 3.05) is 5.32 Å². The maximum absolute atomic E-state index is 5.42. The van der Waals surface area contributed by atoms with Gasteiger partial charge in [0.15, 0.2) is 5.11 Å². The summed E-state index contributed by atoms with van der Waals surface area (Å²) in [5.74, 6) is 0. The fourth-order valence-electron chi connectivity index (χ4n) is 2.15. The summed E-state index contributed by atoms with van der Waals surface area (Å²) < 4.78 is 1.08. The molecule has 0 aliphatic heterocycles. The van der Waals surface area contributed by atoms with E-state index in [1.807, 2.05) is 30.3 Å². The Kier molecular flexibility index (Phi) is 5.37. The molecule has 0 fully saturated rings. The number of nitrogens with one attached hydrogen (secondary N) is 2. The van der Waals surface area contributed by atoms with E-state index < -0.39 is 0 Å². The van der Waals surface area contributed by atoms with Crippen molar-refractivity contribution < 1.29 is 0 Å². The average molecular weight is 363 g/mol. The predicted molar refractivity (Wildman–Crippen MR) is 97.8 cm³/mol. The smallest absolute Gasteiger partial charge is 0.171 e. The lowest BCUT2D eigenvalue weighted by molar-refractivity contribution is 0.719. The number of rotatable bonds is 3. The molecule has 0 saturated carbocycles. The molecule has 110 valence electrons. The molecule has 2 N–H and O–H groups in total. The van der Waals surface area contributed by atoms with Crippen LogP contribution in [-0.2, 0) is 0 Å². The maximum atomic E-state index is 5.42. The lowest BCUT2D eigenvalue weighted by Gasteiger charge is -2.19. The molecule has 1 atom stereocenters. The molecule has 2 nitrogen and oxygen atoms in total. The first-order valence-electron chi connectivity index (χ1n) is 6.87. The van der Waals surface area contributed by atoms with E-state index in [-0.39, 0.29) is 6.04 Å². The predicted octanol–water partition coefficient (Wildman–Crippen LogP) is 5.11. The van der Waals surface area contributed by atoms with Crippen LogP contribution in [0.4, 0.5) is 5.69 Å². The Bertz CT molecular complexity index is 655. The summed E-state index contributed by atoms with van der Waals surface area (Å²) in [7, 11) is 0. The lowest BCUT2D eigenvalue weighted by atomic mass is 10.1. The molecule has 0 heterocycles. The average Bonchev–Trinajstić information content (AvgIpc) is 2.44. The molecular weight excluding hydrogens is 344 g/mol. The molecule has 0 spiro atoms. The van der Waals surface area contributed by atoms with Gasteiger partial charge in [0, 0.05) is 10.2 Å². The fraction of sp³-hybridized carbons (Fsp3) is 0.235. The van der Waals surface area contributed by atoms with Crippen molar-refractivity contribution in [2.45, 2.75) is 26.8 Å². The summed E-state index contributed by atoms with van der Waals surface area (Å²) in [5, 5.41) is 7.23. The number of thiocarbonyl (C=S) groups is 1. The number of anilines is 1. The summed E-state index contributed by atoms with van der Waals surface area (Å²) in [5.41, 5.74) is 4.70. The number of hydrogen-bond donors (Lipinski definition) is 2. The topological polar surface area (TPSA) is 24.1 Å². The summed E-state index contributed by atoms with van der Waals surface area (Å²) in [6.07, 6.45) is 0. The molecule has 0 bridgehead atoms. The van der Waals surface area contributed by atoms with Crippen LogP contribution in [0.5, 0.6) is 0 Å². The highest BCUT2D eigenvalue weighted by Crippen LogP contribution is 2.23. The van der Waals surface area contributed by atoms with Crippen LogP contribution in [0.25, 0.3) is 0 Å². The van der Waals surface area contributed by atoms with E-state index in [1.54, 1.807) is 0 Å². The van der Waals surface area contributed by atoms with Gasteiger partial charge in [-0.3, -0.25) is 0 Å². The van der Waals surface area contributed by atoms with Gasteiger partial charge in [-0.05, 0) is 61.8 Å². The zero-order valence-electron chi connectivity index (χ0n) is 12.4. The molecule has 0 aromatic heterocycles. The van der Waals surface area contributed by atoms with Gasteiger partial charge in [-0.2, -0.15) is 0 Å². The Morgan fingerprint density at radius 2 is 1.81 bits per heavy atom. The third-order valence-electron chi connectivity index (χ3n) is 3.57. The van der Waals surface area contributed by atoms with Gasteiger partial charge in [0.1, 0.15) is 0 Å². The van der Waals surface area contributed by atoms with E-state index in [2.05, 4.69) is 59.5 Å². The first-order valence-corrected chi connectivity index (χ1v) is 8.07. The second-order valence-electron chi connectivity index (χ2n) is 5.09. The molecule has 2 rings (SSSR count). The highest BCUT2D eigenvalue weighted by molar-refractivity contribution is 9.10. The highest BCUT2D eigenvalue weighted by atomic mass is 79.9. The third kappa shape index (κ3) is 4.05. The van der Waals surface area contributed by atoms with Crippen LogP contribution >= 0.6 is 28.1 Å². The Balaban J connectivity index is 2.05. The van der Waals surface area contributed by atoms with E-state index in [0.717, 1.165) is 10.2 Å². The van der Waals surface area contributed by atoms with Crippen LogP contribution in [0.1, 0.15) is 29.7 Å². The van der Waals surface area contributed by atoms with Crippen molar-refractivity contribution in [3.8, 4) is 0 Å². The SMILES string of the molecule is Cc1cccc(NC(=S)N[C@H](C)c2ccccc2Br)c1C. The van der Waals surface area contributed by atoms with Crippen molar-refractivity contribution in [2.24, 2.45) is 0 Å². The molecule has 0 saturated heterocycles. The Morgan fingerprint density at radius 3 is 2.52 bits per heavy atom. The van der Waals surface area contributed by atoms with Crippen molar-refractivity contribution >= 4 is 38.9 Å². The lowest BCUT2D eigenvalue weighted by Crippen LogP contribution is -2.31. The first-order chi connectivity index (χ1) is 9.99. The van der Waals surface area contributed by atoms with Crippen molar-refractivity contribution in [1.29, 1.82) is 0 Å². The number of aryl methyl sites for hydroxylation is 1. The summed E-state index contributed by atoms with van der Waals surface area (Å²) in [6.45, 7) is 6.29. The zero-order valence-corrected chi connectivity index (χ0v) is 14.8. The molecule has 0 radical (unpaired) electrons. The normalized spacial score (nSPS) is 11.8. The molecule has 2 aromatic rings. The number of halogens is 1. The van der Waals surface area contributed by atoms with Crippen LogP contribution in [-0.4, -0.2) is 5.11 Å². The molecule has 0 amide bonds. The van der Waals surface area contributed by atoms with E-state index >= 15 is 0 Å². The highest BCUT2D eigenvalue weighted by Gasteiger charge is 2.10. The molecule has 0 unspecified atom stereocenters. The van der Waals surface area contributed by atoms with Crippen molar-refractivity contribution in [3.05, 3.63) is 63.6 Å². The molecule has 2 aromatic carbocycles. The summed E-state index contributed by atoms with van der Waals surface area (Å²) in [6, 6.07) is 14.5. The minimum Gasteiger partial charge on any atom is -0.356 e. The van der Waals surface area contributed by atoms with Gasteiger partial charge >= 0.3 is 0 Å². The monoisotopic (exact) mass is 362 g/mol. The van der Waals surface area contributed by atoms with Crippen molar-refractivity contribution in [1.82, 2.24) is 5.32 Å². The maximum Gasteiger partial charge on any atom is 0.171 e. The molecule has 4 heteroatoms. The van der Waals surface area contributed by atoms with Crippen LogP contribution in [0.3, 0.4) is 0 Å². The summed E-state index contributed by atoms with van der Waals surface area (Å²) in [4.78, 5) is 0. The van der Waals surface area contributed by atoms with E-state index in [9.17, 15) is 0 Å². The number of hydrogen-bond acceptors (Lipinski definition) is 1. The van der Waals surface area contributed by atoms with Gasteiger partial charge in [-0.15, -0.1) is 0 Å². The Hall–Kier alpha value is -1.39.